The molecular weight excluding hydrogens is 295 g/mol. The van der Waals surface area contributed by atoms with Crippen LogP contribution in [-0.2, 0) is 17.1 Å². The summed E-state index contributed by atoms with van der Waals surface area (Å²) in [5, 5.41) is 4.10. The van der Waals surface area contributed by atoms with E-state index in [2.05, 4.69) is 14.8 Å². The predicted octanol–water partition coefficient (Wildman–Crippen LogP) is 1.61. The summed E-state index contributed by atoms with van der Waals surface area (Å²) in [7, 11) is -2.06. The number of aryl methyl sites for hydroxylation is 2. The van der Waals surface area contributed by atoms with Gasteiger partial charge >= 0.3 is 0 Å². The van der Waals surface area contributed by atoms with Gasteiger partial charge in [0.2, 0.25) is 10.0 Å². The second-order valence-electron chi connectivity index (χ2n) is 4.90. The lowest BCUT2D eigenvalue weighted by atomic mass is 10.2. The fourth-order valence-corrected chi connectivity index (χ4v) is 3.84. The van der Waals surface area contributed by atoms with Crippen LogP contribution >= 0.6 is 0 Å². The Hall–Kier alpha value is -1.80. The minimum Gasteiger partial charge on any atom is -0.271 e. The van der Waals surface area contributed by atoms with Crippen LogP contribution in [0.15, 0.2) is 23.4 Å². The fraction of sp³-hybridized carbons (Fsp3) is 0.385. The minimum absolute atomic E-state index is 0.154. The molecule has 0 fully saturated rings. The predicted molar refractivity (Wildman–Crippen MR) is 75.6 cm³/mol. The number of nitrogens with one attached hydrogen (secondary N) is 1. The third-order valence-corrected chi connectivity index (χ3v) is 5.06. The molecular formula is C13H17FN4O2S. The smallest absolute Gasteiger partial charge is 0.244 e. The Labute approximate surface area is 123 Å². The van der Waals surface area contributed by atoms with E-state index in [4.69, 9.17) is 0 Å². The van der Waals surface area contributed by atoms with E-state index in [0.717, 1.165) is 6.20 Å². The maximum atomic E-state index is 13.2. The molecule has 2 heterocycles. The molecule has 8 heteroatoms. The molecule has 0 aliphatic carbocycles. The Bertz CT molecular complexity index is 770. The number of aromatic nitrogens is 3. The molecule has 0 aliphatic rings. The molecule has 2 rings (SSSR count). The van der Waals surface area contributed by atoms with Crippen LogP contribution in [0.1, 0.15) is 29.9 Å². The van der Waals surface area contributed by atoms with E-state index in [1.807, 2.05) is 0 Å². The summed E-state index contributed by atoms with van der Waals surface area (Å²) in [6, 6.07) is 0.653. The summed E-state index contributed by atoms with van der Waals surface area (Å²) in [4.78, 5) is 3.87. The standard InChI is InChI=1S/C13H17FN4O2S/c1-8(11-5-12(14)7-15-6-11)17-21(19,20)13-9(2)16-18(4)10(13)3/h5-8,17H,1-4H3/t8-/m1/s1. The zero-order valence-corrected chi connectivity index (χ0v) is 13.1. The monoisotopic (exact) mass is 312 g/mol. The van der Waals surface area contributed by atoms with Gasteiger partial charge in [-0.1, -0.05) is 0 Å². The summed E-state index contributed by atoms with van der Waals surface area (Å²) in [6.07, 6.45) is 2.50. The molecule has 0 spiro atoms. The van der Waals surface area contributed by atoms with Gasteiger partial charge in [-0.15, -0.1) is 0 Å². The molecule has 2 aromatic rings. The highest BCUT2D eigenvalue weighted by molar-refractivity contribution is 7.89. The topological polar surface area (TPSA) is 76.9 Å². The number of hydrogen-bond acceptors (Lipinski definition) is 4. The van der Waals surface area contributed by atoms with Crippen molar-refractivity contribution < 1.29 is 12.8 Å². The molecule has 0 bridgehead atoms. The normalized spacial score (nSPS) is 13.4. The molecule has 114 valence electrons. The molecule has 0 aliphatic heterocycles. The zero-order chi connectivity index (χ0) is 15.8. The summed E-state index contributed by atoms with van der Waals surface area (Å²) < 4.78 is 42.2. The van der Waals surface area contributed by atoms with Gasteiger partial charge in [0.1, 0.15) is 10.7 Å². The highest BCUT2D eigenvalue weighted by Gasteiger charge is 2.25. The summed E-state index contributed by atoms with van der Waals surface area (Å²) in [6.45, 7) is 4.95. The number of rotatable bonds is 4. The Morgan fingerprint density at radius 2 is 2.00 bits per heavy atom. The summed E-state index contributed by atoms with van der Waals surface area (Å²) in [5.41, 5.74) is 1.43. The molecule has 0 aromatic carbocycles. The highest BCUT2D eigenvalue weighted by Crippen LogP contribution is 2.21. The van der Waals surface area contributed by atoms with Crippen LogP contribution in [0, 0.1) is 19.7 Å². The van der Waals surface area contributed by atoms with Crippen molar-refractivity contribution in [2.45, 2.75) is 31.7 Å². The lowest BCUT2D eigenvalue weighted by molar-refractivity contribution is 0.562. The number of pyridine rings is 1. The molecule has 0 amide bonds. The van der Waals surface area contributed by atoms with Gasteiger partial charge in [-0.2, -0.15) is 5.10 Å². The Balaban J connectivity index is 2.33. The lowest BCUT2D eigenvalue weighted by Crippen LogP contribution is -2.28. The second kappa shape index (κ2) is 5.53. The van der Waals surface area contributed by atoms with E-state index in [1.54, 1.807) is 27.8 Å². The zero-order valence-electron chi connectivity index (χ0n) is 12.3. The van der Waals surface area contributed by atoms with E-state index >= 15 is 0 Å². The Morgan fingerprint density at radius 1 is 1.33 bits per heavy atom. The van der Waals surface area contributed by atoms with Crippen molar-refractivity contribution >= 4 is 10.0 Å². The van der Waals surface area contributed by atoms with Crippen LogP contribution in [0.5, 0.6) is 0 Å². The first-order valence-corrected chi connectivity index (χ1v) is 7.83. The van der Waals surface area contributed by atoms with Crippen LogP contribution < -0.4 is 4.72 Å². The van der Waals surface area contributed by atoms with Gasteiger partial charge in [0.25, 0.3) is 0 Å². The SMILES string of the molecule is Cc1nn(C)c(C)c1S(=O)(=O)N[C@H](C)c1cncc(F)c1. The molecule has 6 nitrogen and oxygen atoms in total. The maximum Gasteiger partial charge on any atom is 0.244 e. The van der Waals surface area contributed by atoms with Crippen LogP contribution in [0.3, 0.4) is 0 Å². The van der Waals surface area contributed by atoms with Crippen LogP contribution in [-0.4, -0.2) is 23.2 Å². The van der Waals surface area contributed by atoms with Crippen molar-refractivity contribution in [3.05, 3.63) is 41.2 Å². The number of sulfonamides is 1. The van der Waals surface area contributed by atoms with E-state index in [1.165, 1.54) is 16.9 Å². The molecule has 0 unspecified atom stereocenters. The second-order valence-corrected chi connectivity index (χ2v) is 6.55. The van der Waals surface area contributed by atoms with Gasteiger partial charge in [0.15, 0.2) is 0 Å². The molecule has 0 saturated carbocycles. The molecule has 1 N–H and O–H groups in total. The van der Waals surface area contributed by atoms with Crippen molar-refractivity contribution in [1.82, 2.24) is 19.5 Å². The molecule has 1 atom stereocenters. The maximum absolute atomic E-state index is 13.2. The van der Waals surface area contributed by atoms with Gasteiger partial charge < -0.3 is 0 Å². The minimum atomic E-state index is -3.74. The Kier molecular flexibility index (Phi) is 4.11. The number of nitrogens with zero attached hydrogens (tertiary/aromatic N) is 3. The highest BCUT2D eigenvalue weighted by atomic mass is 32.2. The van der Waals surface area contributed by atoms with Gasteiger partial charge in [0.05, 0.1) is 17.6 Å². The number of hydrogen-bond donors (Lipinski definition) is 1. The quantitative estimate of drug-likeness (QED) is 0.930. The van der Waals surface area contributed by atoms with Gasteiger partial charge in [-0.25, -0.2) is 17.5 Å². The van der Waals surface area contributed by atoms with E-state index in [9.17, 15) is 12.8 Å². The van der Waals surface area contributed by atoms with Gasteiger partial charge in [-0.3, -0.25) is 9.67 Å². The van der Waals surface area contributed by atoms with E-state index in [-0.39, 0.29) is 4.90 Å². The van der Waals surface area contributed by atoms with Gasteiger partial charge in [-0.05, 0) is 32.4 Å². The van der Waals surface area contributed by atoms with Crippen molar-refractivity contribution in [1.29, 1.82) is 0 Å². The first-order chi connectivity index (χ1) is 9.72. The van der Waals surface area contributed by atoms with Crippen molar-refractivity contribution in [2.75, 3.05) is 0 Å². The molecule has 0 radical (unpaired) electrons. The first-order valence-electron chi connectivity index (χ1n) is 6.35. The van der Waals surface area contributed by atoms with Crippen LogP contribution in [0.4, 0.5) is 4.39 Å². The summed E-state index contributed by atoms with van der Waals surface area (Å²) in [5.74, 6) is -0.507. The molecule has 21 heavy (non-hydrogen) atoms. The largest absolute Gasteiger partial charge is 0.271 e. The lowest BCUT2D eigenvalue weighted by Gasteiger charge is -2.14. The summed E-state index contributed by atoms with van der Waals surface area (Å²) >= 11 is 0. The average molecular weight is 312 g/mol. The van der Waals surface area contributed by atoms with E-state index < -0.39 is 21.9 Å². The Morgan fingerprint density at radius 3 is 2.52 bits per heavy atom. The molecule has 0 saturated heterocycles. The van der Waals surface area contributed by atoms with Gasteiger partial charge in [0, 0.05) is 19.3 Å². The first kappa shape index (κ1) is 15.6. The van der Waals surface area contributed by atoms with Crippen molar-refractivity contribution in [2.24, 2.45) is 7.05 Å². The van der Waals surface area contributed by atoms with E-state index in [0.29, 0.717) is 17.0 Å². The third-order valence-electron chi connectivity index (χ3n) is 3.27. The third kappa shape index (κ3) is 3.11. The van der Waals surface area contributed by atoms with Crippen molar-refractivity contribution in [3.63, 3.8) is 0 Å². The molecule has 2 aromatic heterocycles. The average Bonchev–Trinajstić information content (AvgIpc) is 2.63. The number of halogens is 1. The fourth-order valence-electron chi connectivity index (χ4n) is 2.17. The van der Waals surface area contributed by atoms with Crippen molar-refractivity contribution in [3.8, 4) is 0 Å². The van der Waals surface area contributed by atoms with Crippen LogP contribution in [0.25, 0.3) is 0 Å². The van der Waals surface area contributed by atoms with Crippen LogP contribution in [0.2, 0.25) is 0 Å².